The van der Waals surface area contributed by atoms with Crippen molar-refractivity contribution < 1.29 is 31.9 Å². The highest BCUT2D eigenvalue weighted by Crippen LogP contribution is 2.38. The second kappa shape index (κ2) is 5.16. The fourth-order valence-corrected chi connectivity index (χ4v) is 1.91. The highest BCUT2D eigenvalue weighted by atomic mass is 19.4. The first-order valence-corrected chi connectivity index (χ1v) is 5.60. The van der Waals surface area contributed by atoms with E-state index in [0.29, 0.717) is 12.1 Å². The maximum Gasteiger partial charge on any atom is 0.417 e. The lowest BCUT2D eigenvalue weighted by Gasteiger charge is -2.14. The Labute approximate surface area is 115 Å². The van der Waals surface area contributed by atoms with E-state index in [0.717, 1.165) is 18.2 Å². The summed E-state index contributed by atoms with van der Waals surface area (Å²) in [6.45, 7) is 0. The Morgan fingerprint density at radius 1 is 0.952 bits per heavy atom. The van der Waals surface area contributed by atoms with E-state index in [-0.39, 0.29) is 0 Å². The van der Waals surface area contributed by atoms with Gasteiger partial charge in [-0.1, -0.05) is 18.2 Å². The summed E-state index contributed by atoms with van der Waals surface area (Å²) in [5.74, 6) is -4.52. The third-order valence-electron chi connectivity index (χ3n) is 2.81. The molecule has 0 spiro atoms. The minimum atomic E-state index is -4.75. The first-order valence-electron chi connectivity index (χ1n) is 5.60. The lowest BCUT2D eigenvalue weighted by atomic mass is 9.94. The number of benzene rings is 2. The molecular formula is C14H7F5O2. The summed E-state index contributed by atoms with van der Waals surface area (Å²) in [7, 11) is 0. The molecule has 0 amide bonds. The Morgan fingerprint density at radius 2 is 1.52 bits per heavy atom. The Balaban J connectivity index is 2.79. The van der Waals surface area contributed by atoms with Crippen LogP contribution in [0.4, 0.5) is 22.0 Å². The molecule has 2 aromatic carbocycles. The van der Waals surface area contributed by atoms with Gasteiger partial charge in [-0.25, -0.2) is 13.6 Å². The quantitative estimate of drug-likeness (QED) is 0.837. The monoisotopic (exact) mass is 302 g/mol. The Bertz CT molecular complexity index is 707. The molecule has 0 saturated heterocycles. The van der Waals surface area contributed by atoms with Gasteiger partial charge in [-0.15, -0.1) is 0 Å². The van der Waals surface area contributed by atoms with Gasteiger partial charge < -0.3 is 5.11 Å². The first-order chi connectivity index (χ1) is 9.71. The van der Waals surface area contributed by atoms with Crippen LogP contribution in [0.2, 0.25) is 0 Å². The lowest BCUT2D eigenvalue weighted by Crippen LogP contribution is -2.09. The van der Waals surface area contributed by atoms with Gasteiger partial charge >= 0.3 is 12.1 Å². The van der Waals surface area contributed by atoms with Crippen LogP contribution in [0.15, 0.2) is 36.4 Å². The second-order valence-corrected chi connectivity index (χ2v) is 4.16. The zero-order chi connectivity index (χ0) is 15.8. The zero-order valence-electron chi connectivity index (χ0n) is 10.2. The molecule has 2 aromatic rings. The summed E-state index contributed by atoms with van der Waals surface area (Å²) in [5.41, 5.74) is -2.93. The van der Waals surface area contributed by atoms with Gasteiger partial charge in [0, 0.05) is 0 Å². The normalized spacial score (nSPS) is 11.5. The van der Waals surface area contributed by atoms with Gasteiger partial charge in [0.2, 0.25) is 0 Å². The molecule has 0 fully saturated rings. The summed E-state index contributed by atoms with van der Waals surface area (Å²) in [6, 6.07) is 4.91. The predicted molar refractivity (Wildman–Crippen MR) is 63.8 cm³/mol. The molecule has 0 atom stereocenters. The standard InChI is InChI=1S/C14H7F5O2/c15-11-5-8(9(13(20)21)6-12(11)16)7-3-1-2-4-10(7)14(17,18)19/h1-6H,(H,20,21). The number of rotatable bonds is 2. The van der Waals surface area contributed by atoms with E-state index in [1.54, 1.807) is 0 Å². The Kier molecular flexibility index (Phi) is 3.67. The first kappa shape index (κ1) is 15.0. The number of alkyl halides is 3. The second-order valence-electron chi connectivity index (χ2n) is 4.16. The molecule has 0 radical (unpaired) electrons. The number of carboxylic acid groups (broad SMARTS) is 1. The number of carbonyl (C=O) groups is 1. The van der Waals surface area contributed by atoms with Crippen molar-refractivity contribution in [2.24, 2.45) is 0 Å². The van der Waals surface area contributed by atoms with Crippen molar-refractivity contribution in [2.45, 2.75) is 6.18 Å². The van der Waals surface area contributed by atoms with Gasteiger partial charge in [0.1, 0.15) is 0 Å². The molecule has 2 nitrogen and oxygen atoms in total. The third-order valence-corrected chi connectivity index (χ3v) is 2.81. The lowest BCUT2D eigenvalue weighted by molar-refractivity contribution is -0.137. The summed E-state index contributed by atoms with van der Waals surface area (Å²) >= 11 is 0. The topological polar surface area (TPSA) is 37.3 Å². The molecule has 21 heavy (non-hydrogen) atoms. The van der Waals surface area contributed by atoms with E-state index in [2.05, 4.69) is 0 Å². The van der Waals surface area contributed by atoms with Crippen LogP contribution in [0, 0.1) is 11.6 Å². The molecular weight excluding hydrogens is 295 g/mol. The number of hydrogen-bond acceptors (Lipinski definition) is 1. The van der Waals surface area contributed by atoms with E-state index in [4.69, 9.17) is 5.11 Å². The van der Waals surface area contributed by atoms with E-state index in [9.17, 15) is 26.7 Å². The zero-order valence-corrected chi connectivity index (χ0v) is 10.2. The van der Waals surface area contributed by atoms with Crippen LogP contribution in [-0.4, -0.2) is 11.1 Å². The minimum Gasteiger partial charge on any atom is -0.478 e. The fourth-order valence-electron chi connectivity index (χ4n) is 1.91. The summed E-state index contributed by atoms with van der Waals surface area (Å²) in [4.78, 5) is 11.0. The van der Waals surface area contributed by atoms with Crippen LogP contribution in [0.5, 0.6) is 0 Å². The molecule has 0 unspecified atom stereocenters. The number of aromatic carboxylic acids is 1. The van der Waals surface area contributed by atoms with Gasteiger partial charge in [-0.3, -0.25) is 0 Å². The van der Waals surface area contributed by atoms with Crippen molar-refractivity contribution >= 4 is 5.97 Å². The highest BCUT2D eigenvalue weighted by molar-refractivity contribution is 5.96. The van der Waals surface area contributed by atoms with E-state index < -0.39 is 46.0 Å². The van der Waals surface area contributed by atoms with Crippen LogP contribution in [-0.2, 0) is 6.18 Å². The Morgan fingerprint density at radius 3 is 2.10 bits per heavy atom. The van der Waals surface area contributed by atoms with Crippen LogP contribution in [0.3, 0.4) is 0 Å². The molecule has 0 aliphatic rings. The molecule has 2 rings (SSSR count). The molecule has 0 bridgehead atoms. The van der Waals surface area contributed by atoms with Crippen molar-refractivity contribution in [3.63, 3.8) is 0 Å². The smallest absolute Gasteiger partial charge is 0.417 e. The fraction of sp³-hybridized carbons (Fsp3) is 0.0714. The molecule has 0 heterocycles. The van der Waals surface area contributed by atoms with Crippen molar-refractivity contribution in [2.75, 3.05) is 0 Å². The predicted octanol–water partition coefficient (Wildman–Crippen LogP) is 4.35. The van der Waals surface area contributed by atoms with Crippen molar-refractivity contribution in [1.29, 1.82) is 0 Å². The summed E-state index contributed by atoms with van der Waals surface area (Å²) in [5, 5.41) is 8.97. The third kappa shape index (κ3) is 2.86. The molecule has 0 aliphatic carbocycles. The SMILES string of the molecule is O=C(O)c1cc(F)c(F)cc1-c1ccccc1C(F)(F)F. The van der Waals surface area contributed by atoms with Crippen LogP contribution < -0.4 is 0 Å². The van der Waals surface area contributed by atoms with Crippen molar-refractivity contribution in [3.8, 4) is 11.1 Å². The van der Waals surface area contributed by atoms with E-state index >= 15 is 0 Å². The highest BCUT2D eigenvalue weighted by Gasteiger charge is 2.34. The molecule has 0 aliphatic heterocycles. The van der Waals surface area contributed by atoms with Crippen molar-refractivity contribution in [1.82, 2.24) is 0 Å². The van der Waals surface area contributed by atoms with E-state index in [1.165, 1.54) is 6.07 Å². The number of hydrogen-bond donors (Lipinski definition) is 1. The average Bonchev–Trinajstić information content (AvgIpc) is 2.40. The maximum atomic E-state index is 13.3. The maximum absolute atomic E-state index is 13.3. The number of halogens is 5. The molecule has 0 aromatic heterocycles. The number of carboxylic acids is 1. The van der Waals surface area contributed by atoms with Gasteiger partial charge in [0.25, 0.3) is 0 Å². The van der Waals surface area contributed by atoms with Crippen LogP contribution in [0.25, 0.3) is 11.1 Å². The molecule has 0 saturated carbocycles. The van der Waals surface area contributed by atoms with Crippen LogP contribution >= 0.6 is 0 Å². The van der Waals surface area contributed by atoms with E-state index in [1.807, 2.05) is 0 Å². The van der Waals surface area contributed by atoms with Gasteiger partial charge in [0.15, 0.2) is 11.6 Å². The largest absolute Gasteiger partial charge is 0.478 e. The van der Waals surface area contributed by atoms with Gasteiger partial charge in [0.05, 0.1) is 11.1 Å². The van der Waals surface area contributed by atoms with Gasteiger partial charge in [-0.05, 0) is 29.3 Å². The minimum absolute atomic E-state index is 0.361. The average molecular weight is 302 g/mol. The van der Waals surface area contributed by atoms with Crippen LogP contribution in [0.1, 0.15) is 15.9 Å². The molecule has 110 valence electrons. The summed E-state index contributed by atoms with van der Waals surface area (Å²) in [6.07, 6.45) is -4.75. The molecule has 1 N–H and O–H groups in total. The van der Waals surface area contributed by atoms with Gasteiger partial charge in [-0.2, -0.15) is 13.2 Å². The van der Waals surface area contributed by atoms with Crippen molar-refractivity contribution in [3.05, 3.63) is 59.2 Å². The molecule has 7 heteroatoms. The Hall–Kier alpha value is -2.44. The summed E-state index contributed by atoms with van der Waals surface area (Å²) < 4.78 is 65.2.